The lowest BCUT2D eigenvalue weighted by atomic mass is 9.86. The molecule has 2 aliphatic heterocycles. The molecule has 0 amide bonds. The highest BCUT2D eigenvalue weighted by molar-refractivity contribution is 5.95. The van der Waals surface area contributed by atoms with Gasteiger partial charge in [-0.2, -0.15) is 0 Å². The third-order valence-corrected chi connectivity index (χ3v) is 7.94. The van der Waals surface area contributed by atoms with Gasteiger partial charge in [-0.3, -0.25) is 4.90 Å². The highest BCUT2D eigenvalue weighted by Crippen LogP contribution is 2.47. The summed E-state index contributed by atoms with van der Waals surface area (Å²) in [6, 6.07) is 21.8. The van der Waals surface area contributed by atoms with Crippen LogP contribution in [0.5, 0.6) is 17.2 Å². The predicted molar refractivity (Wildman–Crippen MR) is 151 cm³/mol. The molecule has 0 bridgehead atoms. The van der Waals surface area contributed by atoms with E-state index in [1.165, 1.54) is 25.2 Å². The summed E-state index contributed by atoms with van der Waals surface area (Å²) in [7, 11) is 0. The van der Waals surface area contributed by atoms with Crippen LogP contribution in [0.25, 0.3) is 11.1 Å². The van der Waals surface area contributed by atoms with Crippen LogP contribution < -0.4 is 9.64 Å². The van der Waals surface area contributed by atoms with Crippen LogP contribution in [0.2, 0.25) is 0 Å². The van der Waals surface area contributed by atoms with Crippen LogP contribution in [0.15, 0.2) is 66.7 Å². The Morgan fingerprint density at radius 3 is 2.46 bits per heavy atom. The van der Waals surface area contributed by atoms with Gasteiger partial charge in [-0.1, -0.05) is 31.2 Å². The van der Waals surface area contributed by atoms with Crippen molar-refractivity contribution in [1.29, 1.82) is 0 Å². The number of allylic oxidation sites excluding steroid dienone is 1. The SMILES string of the molecule is CCN(C[C@H](C)N1CC[C@@H](C)C1)c1ccc(C2Oc3ccc(O)cc3C(C)=C2c2cccc(O)c2)cc1. The van der Waals surface area contributed by atoms with E-state index in [0.29, 0.717) is 6.04 Å². The molecular formula is C32H38N2O3. The number of benzene rings is 3. The number of fused-ring (bicyclic) bond motifs is 1. The number of nitrogens with zero attached hydrogens (tertiary/aromatic N) is 2. The molecule has 0 aliphatic carbocycles. The van der Waals surface area contributed by atoms with Crippen LogP contribution in [-0.2, 0) is 0 Å². The van der Waals surface area contributed by atoms with E-state index in [1.54, 1.807) is 24.3 Å². The zero-order valence-corrected chi connectivity index (χ0v) is 22.3. The predicted octanol–water partition coefficient (Wildman–Crippen LogP) is 6.72. The number of likely N-dealkylation sites (N-methyl/N-ethyl adjacent to an activating group) is 1. The van der Waals surface area contributed by atoms with Gasteiger partial charge in [0.05, 0.1) is 0 Å². The van der Waals surface area contributed by atoms with Crippen molar-refractivity contribution in [2.24, 2.45) is 5.92 Å². The van der Waals surface area contributed by atoms with Gasteiger partial charge >= 0.3 is 0 Å². The summed E-state index contributed by atoms with van der Waals surface area (Å²) >= 11 is 0. The Kier molecular flexibility index (Phi) is 7.16. The molecule has 0 saturated carbocycles. The van der Waals surface area contributed by atoms with E-state index in [9.17, 15) is 10.2 Å². The van der Waals surface area contributed by atoms with Crippen molar-refractivity contribution in [2.45, 2.75) is 46.3 Å². The first-order valence-electron chi connectivity index (χ1n) is 13.4. The molecule has 5 rings (SSSR count). The Morgan fingerprint density at radius 2 is 1.78 bits per heavy atom. The summed E-state index contributed by atoms with van der Waals surface area (Å²) in [5.74, 6) is 1.96. The van der Waals surface area contributed by atoms with Crippen molar-refractivity contribution in [3.05, 3.63) is 83.4 Å². The first-order chi connectivity index (χ1) is 17.8. The second kappa shape index (κ2) is 10.5. The molecule has 3 atom stereocenters. The van der Waals surface area contributed by atoms with Crippen molar-refractivity contribution < 1.29 is 14.9 Å². The van der Waals surface area contributed by atoms with Gasteiger partial charge in [0.1, 0.15) is 23.4 Å². The molecule has 1 saturated heterocycles. The molecule has 0 aromatic heterocycles. The monoisotopic (exact) mass is 498 g/mol. The first kappa shape index (κ1) is 25.2. The van der Waals surface area contributed by atoms with E-state index in [0.717, 1.165) is 52.6 Å². The number of likely N-dealkylation sites (tertiary alicyclic amines) is 1. The molecule has 0 spiro atoms. The zero-order chi connectivity index (χ0) is 26.1. The summed E-state index contributed by atoms with van der Waals surface area (Å²) in [6.45, 7) is 13.3. The van der Waals surface area contributed by atoms with E-state index in [1.807, 2.05) is 18.2 Å². The van der Waals surface area contributed by atoms with Crippen molar-refractivity contribution >= 4 is 16.8 Å². The first-order valence-corrected chi connectivity index (χ1v) is 13.4. The lowest BCUT2D eigenvalue weighted by molar-refractivity contribution is 0.253. The lowest BCUT2D eigenvalue weighted by Crippen LogP contribution is -2.41. The van der Waals surface area contributed by atoms with Crippen LogP contribution in [0.3, 0.4) is 0 Å². The van der Waals surface area contributed by atoms with Crippen molar-refractivity contribution in [3.8, 4) is 17.2 Å². The molecule has 5 nitrogen and oxygen atoms in total. The van der Waals surface area contributed by atoms with E-state index in [-0.39, 0.29) is 17.6 Å². The van der Waals surface area contributed by atoms with Gasteiger partial charge < -0.3 is 19.8 Å². The minimum atomic E-state index is -0.326. The zero-order valence-electron chi connectivity index (χ0n) is 22.3. The number of phenolic OH excluding ortho intramolecular Hbond substituents is 2. The molecule has 2 aliphatic rings. The largest absolute Gasteiger partial charge is 0.508 e. The van der Waals surface area contributed by atoms with E-state index in [4.69, 9.17) is 4.74 Å². The van der Waals surface area contributed by atoms with Crippen LogP contribution in [0, 0.1) is 5.92 Å². The quantitative estimate of drug-likeness (QED) is 0.379. The average Bonchev–Trinajstić information content (AvgIpc) is 3.34. The Morgan fingerprint density at radius 1 is 1.03 bits per heavy atom. The highest BCUT2D eigenvalue weighted by Gasteiger charge is 2.30. The normalized spacial score (nSPS) is 20.4. The third kappa shape index (κ3) is 5.19. The van der Waals surface area contributed by atoms with Gasteiger partial charge in [0.2, 0.25) is 0 Å². The number of phenols is 2. The van der Waals surface area contributed by atoms with Gasteiger partial charge in [0, 0.05) is 42.5 Å². The topological polar surface area (TPSA) is 56.2 Å². The van der Waals surface area contributed by atoms with Crippen molar-refractivity contribution in [2.75, 3.05) is 31.1 Å². The summed E-state index contributed by atoms with van der Waals surface area (Å²) in [4.78, 5) is 5.07. The van der Waals surface area contributed by atoms with Crippen LogP contribution in [0.1, 0.15) is 56.9 Å². The summed E-state index contributed by atoms with van der Waals surface area (Å²) in [5.41, 5.74) is 6.06. The number of hydrogen-bond donors (Lipinski definition) is 2. The number of ether oxygens (including phenoxy) is 1. The maximum absolute atomic E-state index is 10.2. The smallest absolute Gasteiger partial charge is 0.150 e. The van der Waals surface area contributed by atoms with Crippen molar-refractivity contribution in [3.63, 3.8) is 0 Å². The summed E-state index contributed by atoms with van der Waals surface area (Å²) in [5, 5.41) is 20.3. The van der Waals surface area contributed by atoms with Gasteiger partial charge in [0.25, 0.3) is 0 Å². The van der Waals surface area contributed by atoms with Gasteiger partial charge in [-0.05, 0) is 98.8 Å². The maximum Gasteiger partial charge on any atom is 0.150 e. The fourth-order valence-electron chi connectivity index (χ4n) is 5.80. The number of rotatable bonds is 7. The average molecular weight is 499 g/mol. The molecular weight excluding hydrogens is 460 g/mol. The van der Waals surface area contributed by atoms with Gasteiger partial charge in [-0.15, -0.1) is 0 Å². The number of hydrogen-bond acceptors (Lipinski definition) is 5. The Hall–Kier alpha value is -3.44. The highest BCUT2D eigenvalue weighted by atomic mass is 16.5. The maximum atomic E-state index is 10.2. The second-order valence-corrected chi connectivity index (χ2v) is 10.6. The fraction of sp³-hybridized carbons (Fsp3) is 0.375. The summed E-state index contributed by atoms with van der Waals surface area (Å²) in [6.07, 6.45) is 0.969. The van der Waals surface area contributed by atoms with Crippen LogP contribution in [0.4, 0.5) is 5.69 Å². The second-order valence-electron chi connectivity index (χ2n) is 10.6. The van der Waals surface area contributed by atoms with E-state index < -0.39 is 0 Å². The molecule has 2 N–H and O–H groups in total. The standard InChI is InChI=1S/C32H38N2O3/c1-5-33(20-22(3)34-16-15-21(2)19-34)26-11-9-24(10-12-26)32-31(25-7-6-8-27(35)17-25)23(4)29-18-28(36)13-14-30(29)37-32/h6-14,17-18,21-22,32,35-36H,5,15-16,19-20H2,1-4H3/t21-,22+,32?/m1/s1. The van der Waals surface area contributed by atoms with Crippen LogP contribution >= 0.6 is 0 Å². The Labute approximate surface area is 220 Å². The van der Waals surface area contributed by atoms with Gasteiger partial charge in [-0.25, -0.2) is 0 Å². The molecule has 2 heterocycles. The van der Waals surface area contributed by atoms with Crippen LogP contribution in [-0.4, -0.2) is 47.3 Å². The molecule has 1 fully saturated rings. The lowest BCUT2D eigenvalue weighted by Gasteiger charge is -2.33. The van der Waals surface area contributed by atoms with Gasteiger partial charge in [0.15, 0.2) is 0 Å². The van der Waals surface area contributed by atoms with E-state index >= 15 is 0 Å². The molecule has 3 aromatic rings. The fourth-order valence-corrected chi connectivity index (χ4v) is 5.80. The molecule has 37 heavy (non-hydrogen) atoms. The third-order valence-electron chi connectivity index (χ3n) is 7.94. The summed E-state index contributed by atoms with van der Waals surface area (Å²) < 4.78 is 6.55. The minimum absolute atomic E-state index is 0.206. The van der Waals surface area contributed by atoms with E-state index in [2.05, 4.69) is 61.8 Å². The minimum Gasteiger partial charge on any atom is -0.508 e. The Balaban J connectivity index is 1.45. The molecule has 194 valence electrons. The molecule has 0 radical (unpaired) electrons. The molecule has 1 unspecified atom stereocenters. The number of aromatic hydroxyl groups is 2. The number of anilines is 1. The Bertz CT molecular complexity index is 1280. The van der Waals surface area contributed by atoms with Crippen molar-refractivity contribution in [1.82, 2.24) is 4.90 Å². The molecule has 3 aromatic carbocycles. The molecule has 5 heteroatoms.